The Bertz CT molecular complexity index is 1170. The average molecular weight is 340 g/mol. The summed E-state index contributed by atoms with van der Waals surface area (Å²) in [5, 5.41) is 17.0. The predicted octanol–water partition coefficient (Wildman–Crippen LogP) is 3.99. The smallest absolute Gasteiger partial charge is 0.336 e. The van der Waals surface area contributed by atoms with Crippen LogP contribution >= 0.6 is 0 Å². The van der Waals surface area contributed by atoms with Gasteiger partial charge in [-0.2, -0.15) is 0 Å². The fourth-order valence-corrected chi connectivity index (χ4v) is 2.74. The van der Waals surface area contributed by atoms with Crippen LogP contribution in [-0.2, 0) is 0 Å². The van der Waals surface area contributed by atoms with Crippen LogP contribution in [0.1, 0.15) is 21.5 Å². The molecule has 5 heteroatoms. The summed E-state index contributed by atoms with van der Waals surface area (Å²) in [4.78, 5) is 11.7. The topological polar surface area (TPSA) is 76.2 Å². The minimum Gasteiger partial charge on any atom is -0.478 e. The summed E-state index contributed by atoms with van der Waals surface area (Å²) in [6.45, 7) is 0. The average Bonchev–Trinajstić information content (AvgIpc) is 3.14. The lowest BCUT2D eigenvalue weighted by Gasteiger charge is -2.09. The van der Waals surface area contributed by atoms with Crippen LogP contribution < -0.4 is 0 Å². The van der Waals surface area contributed by atoms with Crippen molar-refractivity contribution in [2.24, 2.45) is 0 Å². The summed E-state index contributed by atoms with van der Waals surface area (Å²) in [7, 11) is 0. The van der Waals surface area contributed by atoms with E-state index in [2.05, 4.69) is 22.2 Å². The van der Waals surface area contributed by atoms with Crippen molar-refractivity contribution in [2.75, 3.05) is 0 Å². The van der Waals surface area contributed by atoms with Gasteiger partial charge in [0, 0.05) is 22.0 Å². The Kier molecular flexibility index (Phi) is 3.92. The highest BCUT2D eigenvalue weighted by Crippen LogP contribution is 2.30. The number of aromatic nitrogens is 2. The van der Waals surface area contributed by atoms with Gasteiger partial charge in [0.2, 0.25) is 0 Å². The van der Waals surface area contributed by atoms with Gasteiger partial charge < -0.3 is 9.63 Å². The third-order valence-electron chi connectivity index (χ3n) is 3.95. The molecule has 0 aliphatic heterocycles. The first-order chi connectivity index (χ1) is 12.7. The number of carboxylic acid groups (broad SMARTS) is 1. The lowest BCUT2D eigenvalue weighted by atomic mass is 9.94. The highest BCUT2D eigenvalue weighted by Gasteiger charge is 2.16. The molecule has 1 heterocycles. The van der Waals surface area contributed by atoms with E-state index in [0.29, 0.717) is 27.8 Å². The molecule has 1 aromatic heterocycles. The molecule has 0 saturated heterocycles. The van der Waals surface area contributed by atoms with Crippen LogP contribution in [0.5, 0.6) is 0 Å². The number of carboxylic acids is 1. The zero-order valence-corrected chi connectivity index (χ0v) is 13.5. The fourth-order valence-electron chi connectivity index (χ4n) is 2.74. The van der Waals surface area contributed by atoms with Gasteiger partial charge in [-0.3, -0.25) is 0 Å². The number of hydrogen-bond donors (Lipinski definition) is 1. The first-order valence-electron chi connectivity index (χ1n) is 7.88. The molecule has 1 N–H and O–H groups in total. The van der Waals surface area contributed by atoms with Crippen molar-refractivity contribution in [1.82, 2.24) is 10.4 Å². The summed E-state index contributed by atoms with van der Waals surface area (Å²) in [6, 6.07) is 19.9. The quantitative estimate of drug-likeness (QED) is 0.558. The maximum atomic E-state index is 11.7. The molecule has 0 saturated carbocycles. The molecule has 5 nitrogen and oxygen atoms in total. The second-order valence-corrected chi connectivity index (χ2v) is 5.60. The van der Waals surface area contributed by atoms with E-state index in [1.165, 1.54) is 0 Å². The Hall–Kier alpha value is -3.91. The number of nitrogens with zero attached hydrogens (tertiary/aromatic N) is 2. The molecule has 0 atom stereocenters. The van der Waals surface area contributed by atoms with E-state index in [0.717, 1.165) is 5.56 Å². The first-order valence-corrected chi connectivity index (χ1v) is 7.88. The van der Waals surface area contributed by atoms with E-state index in [1.807, 2.05) is 30.3 Å². The molecule has 0 radical (unpaired) electrons. The molecule has 0 spiro atoms. The fraction of sp³-hybridized carbons (Fsp3) is 0. The van der Waals surface area contributed by atoms with Gasteiger partial charge in [-0.1, -0.05) is 42.2 Å². The van der Waals surface area contributed by atoms with E-state index < -0.39 is 5.97 Å². The minimum absolute atomic E-state index is 0.177. The highest BCUT2D eigenvalue weighted by molar-refractivity contribution is 5.98. The molecular weight excluding hydrogens is 328 g/mol. The number of fused-ring (bicyclic) bond motifs is 1. The second-order valence-electron chi connectivity index (χ2n) is 5.60. The molecule has 0 bridgehead atoms. The van der Waals surface area contributed by atoms with Crippen LogP contribution in [0.2, 0.25) is 0 Å². The van der Waals surface area contributed by atoms with Crippen LogP contribution in [0.3, 0.4) is 0 Å². The molecule has 0 aliphatic carbocycles. The van der Waals surface area contributed by atoms with Crippen molar-refractivity contribution in [2.45, 2.75) is 0 Å². The van der Waals surface area contributed by atoms with E-state index in [9.17, 15) is 9.90 Å². The van der Waals surface area contributed by atoms with Gasteiger partial charge >= 0.3 is 5.97 Å². The summed E-state index contributed by atoms with van der Waals surface area (Å²) >= 11 is 0. The Morgan fingerprint density at radius 2 is 1.81 bits per heavy atom. The Morgan fingerprint density at radius 3 is 2.62 bits per heavy atom. The lowest BCUT2D eigenvalue weighted by molar-refractivity contribution is 0.0697. The van der Waals surface area contributed by atoms with Crippen LogP contribution in [0.15, 0.2) is 71.3 Å². The second kappa shape index (κ2) is 6.54. The molecule has 0 amide bonds. The standard InChI is InChI=1S/C21H12N2O3/c24-21(25)17-8-4-7-15(10-9-14-5-2-1-3-6-14)20(17)16-11-12-18-19(13-16)26-23-22-18/h1-8,11-13H,(H,24,25). The van der Waals surface area contributed by atoms with Gasteiger partial charge in [-0.05, 0) is 42.0 Å². The Labute approximate surface area is 148 Å². The molecule has 0 fully saturated rings. The third kappa shape index (κ3) is 2.92. The van der Waals surface area contributed by atoms with Gasteiger partial charge in [-0.15, -0.1) is 5.10 Å². The summed E-state index contributed by atoms with van der Waals surface area (Å²) in [5.74, 6) is 5.15. The molecular formula is C21H12N2O3. The number of rotatable bonds is 2. The van der Waals surface area contributed by atoms with Gasteiger partial charge in [0.25, 0.3) is 0 Å². The SMILES string of the molecule is O=C(O)c1cccc(C#Cc2ccccc2)c1-c1ccc2nnoc2c1. The van der Waals surface area contributed by atoms with Crippen LogP contribution in [0, 0.1) is 11.8 Å². The van der Waals surface area contributed by atoms with E-state index in [-0.39, 0.29) is 5.56 Å². The molecule has 26 heavy (non-hydrogen) atoms. The monoisotopic (exact) mass is 340 g/mol. The zero-order chi connectivity index (χ0) is 17.9. The van der Waals surface area contributed by atoms with Crippen LogP contribution in [0.4, 0.5) is 0 Å². The third-order valence-corrected chi connectivity index (χ3v) is 3.95. The number of hydrogen-bond acceptors (Lipinski definition) is 4. The number of benzene rings is 3. The maximum absolute atomic E-state index is 11.7. The van der Waals surface area contributed by atoms with Gasteiger partial charge in [-0.25, -0.2) is 4.79 Å². The van der Waals surface area contributed by atoms with E-state index in [1.54, 1.807) is 36.4 Å². The van der Waals surface area contributed by atoms with Gasteiger partial charge in [0.05, 0.1) is 5.56 Å². The highest BCUT2D eigenvalue weighted by atomic mass is 16.5. The Balaban J connectivity index is 1.91. The van der Waals surface area contributed by atoms with Crippen molar-refractivity contribution >= 4 is 17.1 Å². The number of aromatic carboxylic acids is 1. The van der Waals surface area contributed by atoms with E-state index in [4.69, 9.17) is 4.52 Å². The lowest BCUT2D eigenvalue weighted by Crippen LogP contribution is -2.01. The molecule has 4 rings (SSSR count). The van der Waals surface area contributed by atoms with Crippen LogP contribution in [-0.4, -0.2) is 21.4 Å². The van der Waals surface area contributed by atoms with Crippen molar-refractivity contribution in [3.63, 3.8) is 0 Å². The van der Waals surface area contributed by atoms with Crippen molar-refractivity contribution in [3.05, 3.63) is 83.4 Å². The van der Waals surface area contributed by atoms with Crippen molar-refractivity contribution in [1.29, 1.82) is 0 Å². The molecule has 4 aromatic rings. The largest absolute Gasteiger partial charge is 0.478 e. The van der Waals surface area contributed by atoms with Gasteiger partial charge in [0.15, 0.2) is 5.58 Å². The van der Waals surface area contributed by atoms with Crippen molar-refractivity contribution < 1.29 is 14.4 Å². The number of carbonyl (C=O) groups is 1. The molecule has 124 valence electrons. The summed E-state index contributed by atoms with van der Waals surface area (Å²) < 4.78 is 5.10. The van der Waals surface area contributed by atoms with E-state index >= 15 is 0 Å². The Morgan fingerprint density at radius 1 is 0.962 bits per heavy atom. The molecule has 0 unspecified atom stereocenters. The molecule has 0 aliphatic rings. The summed E-state index contributed by atoms with van der Waals surface area (Å²) in [6.07, 6.45) is 0. The predicted molar refractivity (Wildman–Crippen MR) is 96.6 cm³/mol. The normalized spacial score (nSPS) is 10.3. The zero-order valence-electron chi connectivity index (χ0n) is 13.5. The van der Waals surface area contributed by atoms with Gasteiger partial charge in [0.1, 0.15) is 5.52 Å². The summed E-state index contributed by atoms with van der Waals surface area (Å²) in [5.41, 5.74) is 3.99. The van der Waals surface area contributed by atoms with Crippen LogP contribution in [0.25, 0.3) is 22.2 Å². The van der Waals surface area contributed by atoms with Crippen molar-refractivity contribution in [3.8, 4) is 23.0 Å². The first kappa shape index (κ1) is 15.6. The maximum Gasteiger partial charge on any atom is 0.336 e. The minimum atomic E-state index is -1.01. The molecule has 3 aromatic carbocycles.